The van der Waals surface area contributed by atoms with Gasteiger partial charge in [-0.25, -0.2) is 9.67 Å². The maximum absolute atomic E-state index is 11.8. The van der Waals surface area contributed by atoms with E-state index in [0.29, 0.717) is 5.82 Å². The van der Waals surface area contributed by atoms with Crippen molar-refractivity contribution in [1.29, 1.82) is 0 Å². The number of aromatic nitrogens is 5. The Balaban J connectivity index is 2.39. The average molecular weight is 315 g/mol. The first-order valence-electron chi connectivity index (χ1n) is 8.07. The molecule has 0 spiro atoms. The molecule has 2 rings (SSSR count). The molecule has 0 bridgehead atoms. The Kier molecular flexibility index (Phi) is 5.13. The van der Waals surface area contributed by atoms with Crippen LogP contribution in [0.4, 0.5) is 0 Å². The topological polar surface area (TPSA) is 76.5 Å². The van der Waals surface area contributed by atoms with E-state index in [1.165, 1.54) is 0 Å². The van der Waals surface area contributed by atoms with Crippen LogP contribution >= 0.6 is 0 Å². The molecular formula is C17H25N5O. The molecule has 0 aliphatic heterocycles. The van der Waals surface area contributed by atoms with Crippen LogP contribution in [0.25, 0.3) is 11.6 Å². The van der Waals surface area contributed by atoms with Gasteiger partial charge in [-0.3, -0.25) is 4.79 Å². The number of rotatable bonds is 5. The summed E-state index contributed by atoms with van der Waals surface area (Å²) >= 11 is 0. The number of allylic oxidation sites excluding steroid dienone is 1. The highest BCUT2D eigenvalue weighted by atomic mass is 16.1. The fourth-order valence-corrected chi connectivity index (χ4v) is 2.23. The maximum Gasteiger partial charge on any atom is 0.251 e. The Hall–Kier alpha value is -2.24. The van der Waals surface area contributed by atoms with Gasteiger partial charge in [-0.05, 0) is 45.3 Å². The smallest absolute Gasteiger partial charge is 0.251 e. The SMILES string of the molecule is CCCc1cc(=O)[nH]c(/C(=C/c2cn(C(C)(C)C)nn2)CC)n1. The highest BCUT2D eigenvalue weighted by Crippen LogP contribution is 2.18. The number of hydrogen-bond acceptors (Lipinski definition) is 4. The van der Waals surface area contributed by atoms with Crippen LogP contribution < -0.4 is 5.56 Å². The van der Waals surface area contributed by atoms with Crippen molar-refractivity contribution in [1.82, 2.24) is 25.0 Å². The Morgan fingerprint density at radius 3 is 2.65 bits per heavy atom. The van der Waals surface area contributed by atoms with Crippen molar-refractivity contribution in [3.05, 3.63) is 39.8 Å². The Labute approximate surface area is 136 Å². The molecule has 6 nitrogen and oxygen atoms in total. The largest absolute Gasteiger partial charge is 0.307 e. The molecule has 0 saturated heterocycles. The lowest BCUT2D eigenvalue weighted by Gasteiger charge is -2.17. The fraction of sp³-hybridized carbons (Fsp3) is 0.529. The molecule has 0 atom stereocenters. The number of hydrogen-bond donors (Lipinski definition) is 1. The van der Waals surface area contributed by atoms with Gasteiger partial charge in [-0.2, -0.15) is 0 Å². The van der Waals surface area contributed by atoms with Crippen LogP contribution in [0.15, 0.2) is 17.1 Å². The monoisotopic (exact) mass is 315 g/mol. The summed E-state index contributed by atoms with van der Waals surface area (Å²) in [6.45, 7) is 10.3. The Morgan fingerprint density at radius 2 is 2.09 bits per heavy atom. The van der Waals surface area contributed by atoms with Gasteiger partial charge in [-0.1, -0.05) is 25.5 Å². The minimum absolute atomic E-state index is 0.112. The first kappa shape index (κ1) is 17.1. The van der Waals surface area contributed by atoms with E-state index in [1.54, 1.807) is 6.07 Å². The van der Waals surface area contributed by atoms with Gasteiger partial charge in [0.25, 0.3) is 5.56 Å². The minimum Gasteiger partial charge on any atom is -0.307 e. The van der Waals surface area contributed by atoms with E-state index in [1.807, 2.05) is 23.9 Å². The summed E-state index contributed by atoms with van der Waals surface area (Å²) in [6, 6.07) is 1.57. The third kappa shape index (κ3) is 4.37. The van der Waals surface area contributed by atoms with E-state index < -0.39 is 0 Å². The van der Waals surface area contributed by atoms with E-state index in [2.05, 4.69) is 48.0 Å². The van der Waals surface area contributed by atoms with Gasteiger partial charge in [0.15, 0.2) is 0 Å². The van der Waals surface area contributed by atoms with Crippen LogP contribution in [0.5, 0.6) is 0 Å². The number of aryl methyl sites for hydroxylation is 1. The van der Waals surface area contributed by atoms with Gasteiger partial charge >= 0.3 is 0 Å². The lowest BCUT2D eigenvalue weighted by molar-refractivity contribution is 0.347. The first-order chi connectivity index (χ1) is 10.8. The number of nitrogens with one attached hydrogen (secondary N) is 1. The second-order valence-corrected chi connectivity index (χ2v) is 6.62. The second-order valence-electron chi connectivity index (χ2n) is 6.62. The Bertz CT molecular complexity index is 749. The summed E-state index contributed by atoms with van der Waals surface area (Å²) in [6.07, 6.45) is 6.35. The van der Waals surface area contributed by atoms with Crippen molar-refractivity contribution < 1.29 is 0 Å². The predicted molar refractivity (Wildman–Crippen MR) is 92.0 cm³/mol. The molecule has 0 saturated carbocycles. The molecule has 0 amide bonds. The summed E-state index contributed by atoms with van der Waals surface area (Å²) in [5, 5.41) is 8.36. The van der Waals surface area contributed by atoms with E-state index in [9.17, 15) is 4.79 Å². The van der Waals surface area contributed by atoms with Gasteiger partial charge in [0.2, 0.25) is 0 Å². The summed E-state index contributed by atoms with van der Waals surface area (Å²) in [7, 11) is 0. The number of nitrogens with zero attached hydrogens (tertiary/aromatic N) is 4. The normalized spacial score (nSPS) is 12.7. The quantitative estimate of drug-likeness (QED) is 0.920. The zero-order valence-corrected chi connectivity index (χ0v) is 14.6. The second kappa shape index (κ2) is 6.89. The fourth-order valence-electron chi connectivity index (χ4n) is 2.23. The van der Waals surface area contributed by atoms with Gasteiger partial charge < -0.3 is 4.98 Å². The number of aromatic amines is 1. The molecule has 6 heteroatoms. The highest BCUT2D eigenvalue weighted by Gasteiger charge is 2.15. The van der Waals surface area contributed by atoms with Crippen LogP contribution in [-0.2, 0) is 12.0 Å². The minimum atomic E-state index is -0.115. The predicted octanol–water partition coefficient (Wildman–Crippen LogP) is 3.02. The zero-order chi connectivity index (χ0) is 17.0. The third-order valence-electron chi connectivity index (χ3n) is 3.51. The average Bonchev–Trinajstić information content (AvgIpc) is 2.93. The summed E-state index contributed by atoms with van der Waals surface area (Å²) < 4.78 is 1.83. The molecule has 2 aromatic heterocycles. The van der Waals surface area contributed by atoms with Crippen LogP contribution in [0.3, 0.4) is 0 Å². The molecular weight excluding hydrogens is 290 g/mol. The van der Waals surface area contributed by atoms with Crippen LogP contribution in [0, 0.1) is 0 Å². The molecule has 0 aromatic carbocycles. The van der Waals surface area contributed by atoms with Crippen LogP contribution in [-0.4, -0.2) is 25.0 Å². The molecule has 23 heavy (non-hydrogen) atoms. The van der Waals surface area contributed by atoms with Crippen molar-refractivity contribution >= 4 is 11.6 Å². The van der Waals surface area contributed by atoms with Crippen molar-refractivity contribution in [2.75, 3.05) is 0 Å². The van der Waals surface area contributed by atoms with Gasteiger partial charge in [0.05, 0.1) is 11.7 Å². The van der Waals surface area contributed by atoms with Gasteiger partial charge in [0, 0.05) is 11.8 Å². The van der Waals surface area contributed by atoms with Crippen molar-refractivity contribution in [2.45, 2.75) is 59.4 Å². The lowest BCUT2D eigenvalue weighted by Crippen LogP contribution is -2.22. The molecule has 2 aromatic rings. The zero-order valence-electron chi connectivity index (χ0n) is 14.6. The lowest BCUT2D eigenvalue weighted by atomic mass is 10.1. The number of H-pyrrole nitrogens is 1. The van der Waals surface area contributed by atoms with E-state index in [4.69, 9.17) is 0 Å². The van der Waals surface area contributed by atoms with E-state index in [-0.39, 0.29) is 11.1 Å². The molecule has 2 heterocycles. The third-order valence-corrected chi connectivity index (χ3v) is 3.51. The summed E-state index contributed by atoms with van der Waals surface area (Å²) in [5.74, 6) is 0.619. The van der Waals surface area contributed by atoms with E-state index >= 15 is 0 Å². The van der Waals surface area contributed by atoms with Gasteiger partial charge in [-0.15, -0.1) is 5.10 Å². The molecule has 124 valence electrons. The van der Waals surface area contributed by atoms with Gasteiger partial charge in [0.1, 0.15) is 11.5 Å². The molecule has 0 fully saturated rings. The highest BCUT2D eigenvalue weighted by molar-refractivity contribution is 5.76. The standard InChI is InChI=1S/C17H25N5O/c1-6-8-13-10-15(23)19-16(18-13)12(7-2)9-14-11-22(21-20-14)17(3,4)5/h9-11H,6-8H2,1-5H3,(H,18,19,23)/b12-9+. The Morgan fingerprint density at radius 1 is 1.35 bits per heavy atom. The molecule has 0 aliphatic rings. The summed E-state index contributed by atoms with van der Waals surface area (Å²) in [4.78, 5) is 19.2. The van der Waals surface area contributed by atoms with Crippen LogP contribution in [0.2, 0.25) is 0 Å². The van der Waals surface area contributed by atoms with Crippen molar-refractivity contribution in [3.63, 3.8) is 0 Å². The van der Waals surface area contributed by atoms with E-state index in [0.717, 1.165) is 36.2 Å². The van der Waals surface area contributed by atoms with Crippen molar-refractivity contribution in [2.24, 2.45) is 0 Å². The molecule has 0 aliphatic carbocycles. The van der Waals surface area contributed by atoms with Crippen molar-refractivity contribution in [3.8, 4) is 0 Å². The molecule has 1 N–H and O–H groups in total. The first-order valence-corrected chi connectivity index (χ1v) is 8.07. The summed E-state index contributed by atoms with van der Waals surface area (Å²) in [5.41, 5.74) is 2.31. The molecule has 0 radical (unpaired) electrons. The maximum atomic E-state index is 11.8. The van der Waals surface area contributed by atoms with Crippen LogP contribution in [0.1, 0.15) is 64.7 Å². The molecule has 0 unspecified atom stereocenters.